The fraction of sp³-hybridized carbons (Fsp3) is 0.286. The predicted octanol–water partition coefficient (Wildman–Crippen LogP) is 3.25. The molecule has 1 heterocycles. The minimum atomic E-state index is 0.602. The predicted molar refractivity (Wildman–Crippen MR) is 104 cm³/mol. The Bertz CT molecular complexity index is 862. The summed E-state index contributed by atoms with van der Waals surface area (Å²) in [5.74, 6) is 2.91. The minimum Gasteiger partial charge on any atom is -0.493 e. The third-order valence-electron chi connectivity index (χ3n) is 4.38. The Labute approximate surface area is 159 Å². The average Bonchev–Trinajstić information content (AvgIpc) is 3.15. The van der Waals surface area contributed by atoms with Crippen LogP contribution in [-0.2, 0) is 19.6 Å². The van der Waals surface area contributed by atoms with E-state index in [0.29, 0.717) is 30.3 Å². The van der Waals surface area contributed by atoms with Crippen LogP contribution >= 0.6 is 0 Å². The highest BCUT2D eigenvalue weighted by atomic mass is 16.5. The number of rotatable bonds is 9. The topological polar surface area (TPSA) is 57.5 Å². The number of nitrogens with zero attached hydrogens (tertiary/aromatic N) is 2. The number of methoxy groups -OCH3 is 3. The summed E-state index contributed by atoms with van der Waals surface area (Å²) in [5, 5.41) is 3.43. The van der Waals surface area contributed by atoms with Gasteiger partial charge >= 0.3 is 0 Å². The second-order valence-electron chi connectivity index (χ2n) is 6.05. The van der Waals surface area contributed by atoms with E-state index < -0.39 is 0 Å². The molecule has 3 aromatic rings. The lowest BCUT2D eigenvalue weighted by Crippen LogP contribution is -2.17. The van der Waals surface area contributed by atoms with Gasteiger partial charge < -0.3 is 24.1 Å². The normalized spacial score (nSPS) is 10.6. The van der Waals surface area contributed by atoms with Gasteiger partial charge in [0.15, 0.2) is 11.5 Å². The molecule has 0 aliphatic carbocycles. The Kier molecular flexibility index (Phi) is 6.33. The quantitative estimate of drug-likeness (QED) is 0.629. The first-order valence-electron chi connectivity index (χ1n) is 8.79. The second-order valence-corrected chi connectivity index (χ2v) is 6.05. The molecule has 2 aromatic carbocycles. The maximum Gasteiger partial charge on any atom is 0.203 e. The summed E-state index contributed by atoms with van der Waals surface area (Å²) in [6.07, 6.45) is 3.83. The largest absolute Gasteiger partial charge is 0.493 e. The molecule has 0 amide bonds. The number of aromatic nitrogens is 2. The van der Waals surface area contributed by atoms with Crippen LogP contribution in [0.15, 0.2) is 54.9 Å². The van der Waals surface area contributed by atoms with Crippen LogP contribution in [-0.4, -0.2) is 30.9 Å². The van der Waals surface area contributed by atoms with Gasteiger partial charge in [-0.3, -0.25) is 0 Å². The third kappa shape index (κ3) is 4.41. The molecular weight excluding hydrogens is 342 g/mol. The third-order valence-corrected chi connectivity index (χ3v) is 4.38. The van der Waals surface area contributed by atoms with Crippen LogP contribution in [0.5, 0.6) is 17.2 Å². The molecule has 3 rings (SSSR count). The molecule has 27 heavy (non-hydrogen) atoms. The lowest BCUT2D eigenvalue weighted by molar-refractivity contribution is 0.321. The molecule has 6 heteroatoms. The van der Waals surface area contributed by atoms with E-state index >= 15 is 0 Å². The summed E-state index contributed by atoms with van der Waals surface area (Å²) in [4.78, 5) is 4.47. The number of benzene rings is 2. The highest BCUT2D eigenvalue weighted by Crippen LogP contribution is 2.39. The molecule has 0 fully saturated rings. The minimum absolute atomic E-state index is 0.602. The Morgan fingerprint density at radius 2 is 1.67 bits per heavy atom. The molecule has 0 saturated heterocycles. The fourth-order valence-corrected chi connectivity index (χ4v) is 3.04. The van der Waals surface area contributed by atoms with Gasteiger partial charge in [-0.15, -0.1) is 0 Å². The van der Waals surface area contributed by atoms with Crippen molar-refractivity contribution >= 4 is 0 Å². The lowest BCUT2D eigenvalue weighted by atomic mass is 10.1. The molecule has 0 saturated carbocycles. The number of nitrogens with one attached hydrogen (secondary N) is 1. The van der Waals surface area contributed by atoms with Crippen LogP contribution in [0.25, 0.3) is 0 Å². The van der Waals surface area contributed by atoms with E-state index in [9.17, 15) is 0 Å². The van der Waals surface area contributed by atoms with Gasteiger partial charge in [0.05, 0.1) is 27.9 Å². The molecule has 1 N–H and O–H groups in total. The number of hydrogen-bond donors (Lipinski definition) is 1. The monoisotopic (exact) mass is 367 g/mol. The average molecular weight is 367 g/mol. The lowest BCUT2D eigenvalue weighted by Gasteiger charge is -2.16. The standard InChI is InChI=1S/C21H25N3O3/c1-25-18-10-9-17(20(26-2)21(18)27-3)13-22-14-19-23-11-12-24(19)15-16-7-5-4-6-8-16/h4-12,22H,13-15H2,1-3H3. The van der Waals surface area contributed by atoms with Crippen LogP contribution in [0.4, 0.5) is 0 Å². The van der Waals surface area contributed by atoms with Crippen LogP contribution in [0.3, 0.4) is 0 Å². The summed E-state index contributed by atoms with van der Waals surface area (Å²) in [6, 6.07) is 14.2. The molecule has 0 bridgehead atoms. The summed E-state index contributed by atoms with van der Waals surface area (Å²) in [6.45, 7) is 2.08. The zero-order valence-electron chi connectivity index (χ0n) is 15.9. The summed E-state index contributed by atoms with van der Waals surface area (Å²) < 4.78 is 18.5. The van der Waals surface area contributed by atoms with Crippen LogP contribution in [0.1, 0.15) is 17.0 Å². The van der Waals surface area contributed by atoms with Crippen molar-refractivity contribution in [2.24, 2.45) is 0 Å². The van der Waals surface area contributed by atoms with E-state index in [1.807, 2.05) is 42.7 Å². The van der Waals surface area contributed by atoms with Crippen molar-refractivity contribution in [3.63, 3.8) is 0 Å². The smallest absolute Gasteiger partial charge is 0.203 e. The zero-order valence-corrected chi connectivity index (χ0v) is 15.9. The van der Waals surface area contributed by atoms with Crippen molar-refractivity contribution in [3.8, 4) is 17.2 Å². The Balaban J connectivity index is 1.67. The Morgan fingerprint density at radius 3 is 2.37 bits per heavy atom. The summed E-state index contributed by atoms with van der Waals surface area (Å²) in [5.41, 5.74) is 2.25. The first-order valence-corrected chi connectivity index (χ1v) is 8.79. The molecule has 0 radical (unpaired) electrons. The molecule has 0 spiro atoms. The van der Waals surface area contributed by atoms with Gasteiger partial charge in [-0.05, 0) is 11.6 Å². The van der Waals surface area contributed by atoms with Gasteiger partial charge in [-0.1, -0.05) is 36.4 Å². The maximum atomic E-state index is 5.53. The second kappa shape index (κ2) is 9.09. The highest BCUT2D eigenvalue weighted by molar-refractivity contribution is 5.55. The Morgan fingerprint density at radius 1 is 0.889 bits per heavy atom. The molecule has 6 nitrogen and oxygen atoms in total. The SMILES string of the molecule is COc1ccc(CNCc2nccn2Cc2ccccc2)c(OC)c1OC. The summed E-state index contributed by atoms with van der Waals surface area (Å²) in [7, 11) is 4.85. The maximum absolute atomic E-state index is 5.53. The number of imidazole rings is 1. The highest BCUT2D eigenvalue weighted by Gasteiger charge is 2.15. The first kappa shape index (κ1) is 18.8. The van der Waals surface area contributed by atoms with Gasteiger partial charge in [0.1, 0.15) is 5.82 Å². The van der Waals surface area contributed by atoms with Gasteiger partial charge in [-0.2, -0.15) is 0 Å². The van der Waals surface area contributed by atoms with Crippen molar-refractivity contribution in [1.29, 1.82) is 0 Å². The van der Waals surface area contributed by atoms with E-state index in [2.05, 4.69) is 27.0 Å². The van der Waals surface area contributed by atoms with E-state index in [1.54, 1.807) is 21.3 Å². The van der Waals surface area contributed by atoms with Crippen molar-refractivity contribution in [2.45, 2.75) is 19.6 Å². The van der Waals surface area contributed by atoms with E-state index in [4.69, 9.17) is 14.2 Å². The van der Waals surface area contributed by atoms with Crippen LogP contribution in [0.2, 0.25) is 0 Å². The first-order chi connectivity index (χ1) is 13.3. The van der Waals surface area contributed by atoms with E-state index in [-0.39, 0.29) is 0 Å². The van der Waals surface area contributed by atoms with Gasteiger partial charge in [0.25, 0.3) is 0 Å². The molecule has 1 aromatic heterocycles. The van der Waals surface area contributed by atoms with E-state index in [0.717, 1.165) is 17.9 Å². The molecule has 0 unspecified atom stereocenters. The molecule has 142 valence electrons. The van der Waals surface area contributed by atoms with E-state index in [1.165, 1.54) is 5.56 Å². The van der Waals surface area contributed by atoms with Crippen LogP contribution in [0, 0.1) is 0 Å². The molecular formula is C21H25N3O3. The molecule has 0 aliphatic rings. The van der Waals surface area contributed by atoms with Gasteiger partial charge in [-0.25, -0.2) is 4.98 Å². The molecule has 0 aliphatic heterocycles. The summed E-state index contributed by atoms with van der Waals surface area (Å²) >= 11 is 0. The van der Waals surface area contributed by atoms with Crippen molar-refractivity contribution in [1.82, 2.24) is 14.9 Å². The van der Waals surface area contributed by atoms with Crippen molar-refractivity contribution in [3.05, 3.63) is 71.8 Å². The zero-order chi connectivity index (χ0) is 19.1. The fourth-order valence-electron chi connectivity index (χ4n) is 3.04. The van der Waals surface area contributed by atoms with Gasteiger partial charge in [0.2, 0.25) is 5.75 Å². The molecule has 0 atom stereocenters. The van der Waals surface area contributed by atoms with Crippen molar-refractivity contribution < 1.29 is 14.2 Å². The van der Waals surface area contributed by atoms with Gasteiger partial charge in [0, 0.05) is 31.0 Å². The number of ether oxygens (including phenoxy) is 3. The van der Waals surface area contributed by atoms with Crippen molar-refractivity contribution in [2.75, 3.05) is 21.3 Å². The number of hydrogen-bond acceptors (Lipinski definition) is 5. The van der Waals surface area contributed by atoms with Crippen LogP contribution < -0.4 is 19.5 Å². The Hall–Kier alpha value is -2.99.